The van der Waals surface area contributed by atoms with Crippen molar-refractivity contribution in [1.82, 2.24) is 5.32 Å². The molecule has 1 fully saturated rings. The summed E-state index contributed by atoms with van der Waals surface area (Å²) in [6.07, 6.45) is 4.84. The lowest BCUT2D eigenvalue weighted by Gasteiger charge is -2.28. The zero-order chi connectivity index (χ0) is 13.7. The standard InChI is InChI=1S/C16H24N2O/c1-3-13(2)17-16(19)14-7-9-15(10-8-14)18-11-5-4-6-12-18/h7-10,13H,3-6,11-12H2,1-2H3,(H,17,19)/t13-/m0/s1. The molecule has 1 atom stereocenters. The maximum Gasteiger partial charge on any atom is 0.251 e. The number of carbonyl (C=O) groups is 1. The number of nitrogens with one attached hydrogen (secondary N) is 1. The van der Waals surface area contributed by atoms with Gasteiger partial charge in [0.15, 0.2) is 0 Å². The highest BCUT2D eigenvalue weighted by Gasteiger charge is 2.12. The van der Waals surface area contributed by atoms with Crippen LogP contribution in [0.15, 0.2) is 24.3 Å². The fraction of sp³-hybridized carbons (Fsp3) is 0.562. The van der Waals surface area contributed by atoms with E-state index in [2.05, 4.69) is 29.3 Å². The summed E-state index contributed by atoms with van der Waals surface area (Å²) in [5.41, 5.74) is 1.99. The third-order valence-electron chi connectivity index (χ3n) is 3.84. The zero-order valence-corrected chi connectivity index (χ0v) is 12.0. The minimum absolute atomic E-state index is 0.0274. The highest BCUT2D eigenvalue weighted by atomic mass is 16.1. The van der Waals surface area contributed by atoms with Gasteiger partial charge in [-0.1, -0.05) is 6.92 Å². The summed E-state index contributed by atoms with van der Waals surface area (Å²) in [4.78, 5) is 14.4. The summed E-state index contributed by atoms with van der Waals surface area (Å²) < 4.78 is 0. The fourth-order valence-electron chi connectivity index (χ4n) is 2.38. The average molecular weight is 260 g/mol. The van der Waals surface area contributed by atoms with Crippen molar-refractivity contribution in [2.75, 3.05) is 18.0 Å². The van der Waals surface area contributed by atoms with E-state index in [0.29, 0.717) is 0 Å². The van der Waals surface area contributed by atoms with Crippen molar-refractivity contribution in [3.8, 4) is 0 Å². The lowest BCUT2D eigenvalue weighted by molar-refractivity contribution is 0.0939. The van der Waals surface area contributed by atoms with Gasteiger partial charge >= 0.3 is 0 Å². The van der Waals surface area contributed by atoms with Crippen LogP contribution < -0.4 is 10.2 Å². The summed E-state index contributed by atoms with van der Waals surface area (Å²) in [5.74, 6) is 0.0274. The van der Waals surface area contributed by atoms with Crippen LogP contribution in [-0.2, 0) is 0 Å². The largest absolute Gasteiger partial charge is 0.372 e. The molecule has 3 heteroatoms. The van der Waals surface area contributed by atoms with E-state index in [4.69, 9.17) is 0 Å². The van der Waals surface area contributed by atoms with Crippen LogP contribution in [0.4, 0.5) is 5.69 Å². The Hall–Kier alpha value is -1.51. The number of amides is 1. The van der Waals surface area contributed by atoms with E-state index in [-0.39, 0.29) is 11.9 Å². The van der Waals surface area contributed by atoms with Crippen molar-refractivity contribution in [2.45, 2.75) is 45.6 Å². The Morgan fingerprint density at radius 3 is 2.42 bits per heavy atom. The second kappa shape index (κ2) is 6.60. The van der Waals surface area contributed by atoms with Gasteiger partial charge in [-0.2, -0.15) is 0 Å². The average Bonchev–Trinajstić information content (AvgIpc) is 2.48. The van der Waals surface area contributed by atoms with Gasteiger partial charge in [-0.25, -0.2) is 0 Å². The summed E-state index contributed by atoms with van der Waals surface area (Å²) in [6.45, 7) is 6.38. The topological polar surface area (TPSA) is 32.3 Å². The maximum absolute atomic E-state index is 12.0. The predicted molar refractivity (Wildman–Crippen MR) is 79.7 cm³/mol. The second-order valence-corrected chi connectivity index (χ2v) is 5.38. The van der Waals surface area contributed by atoms with E-state index in [1.165, 1.54) is 24.9 Å². The molecular weight excluding hydrogens is 236 g/mol. The Labute approximate surface area is 116 Å². The minimum atomic E-state index is 0.0274. The fourth-order valence-corrected chi connectivity index (χ4v) is 2.38. The molecule has 0 bridgehead atoms. The number of hydrogen-bond donors (Lipinski definition) is 1. The molecule has 1 aromatic rings. The van der Waals surface area contributed by atoms with Crippen molar-refractivity contribution >= 4 is 11.6 Å². The Bertz CT molecular complexity index is 407. The molecule has 1 N–H and O–H groups in total. The molecule has 104 valence electrons. The quantitative estimate of drug-likeness (QED) is 0.901. The first kappa shape index (κ1) is 13.9. The molecular formula is C16H24N2O. The molecule has 1 amide bonds. The van der Waals surface area contributed by atoms with Gasteiger partial charge < -0.3 is 10.2 Å². The van der Waals surface area contributed by atoms with E-state index in [0.717, 1.165) is 25.1 Å². The monoisotopic (exact) mass is 260 g/mol. The Morgan fingerprint density at radius 1 is 1.21 bits per heavy atom. The number of carbonyl (C=O) groups excluding carboxylic acids is 1. The van der Waals surface area contributed by atoms with Crippen LogP contribution in [0.5, 0.6) is 0 Å². The van der Waals surface area contributed by atoms with Crippen LogP contribution in [0.1, 0.15) is 49.9 Å². The third-order valence-corrected chi connectivity index (χ3v) is 3.84. The summed E-state index contributed by atoms with van der Waals surface area (Å²) in [7, 11) is 0. The van der Waals surface area contributed by atoms with Crippen LogP contribution in [0.3, 0.4) is 0 Å². The lowest BCUT2D eigenvalue weighted by Crippen LogP contribution is -2.32. The minimum Gasteiger partial charge on any atom is -0.372 e. The molecule has 19 heavy (non-hydrogen) atoms. The maximum atomic E-state index is 12.0. The van der Waals surface area contributed by atoms with Crippen molar-refractivity contribution in [3.63, 3.8) is 0 Å². The van der Waals surface area contributed by atoms with Gasteiger partial charge in [0, 0.05) is 30.4 Å². The molecule has 0 radical (unpaired) electrons. The second-order valence-electron chi connectivity index (χ2n) is 5.38. The van der Waals surface area contributed by atoms with E-state index in [9.17, 15) is 4.79 Å². The SMILES string of the molecule is CC[C@H](C)NC(=O)c1ccc(N2CCCCC2)cc1. The van der Waals surface area contributed by atoms with Crippen LogP contribution in [0.2, 0.25) is 0 Å². The molecule has 0 saturated carbocycles. The highest BCUT2D eigenvalue weighted by molar-refractivity contribution is 5.94. The normalized spacial score (nSPS) is 17.1. The van der Waals surface area contributed by atoms with Gasteiger partial charge in [0.05, 0.1) is 0 Å². The number of anilines is 1. The smallest absolute Gasteiger partial charge is 0.251 e. The van der Waals surface area contributed by atoms with Gasteiger partial charge in [0.1, 0.15) is 0 Å². The molecule has 1 heterocycles. The predicted octanol–water partition coefficient (Wildman–Crippen LogP) is 3.21. The molecule has 0 spiro atoms. The summed E-state index contributed by atoms with van der Waals surface area (Å²) in [5, 5.41) is 2.99. The number of benzene rings is 1. The van der Waals surface area contributed by atoms with Gasteiger partial charge in [-0.3, -0.25) is 4.79 Å². The molecule has 0 unspecified atom stereocenters. The zero-order valence-electron chi connectivity index (χ0n) is 12.0. The van der Waals surface area contributed by atoms with Gasteiger partial charge in [-0.05, 0) is 56.9 Å². The summed E-state index contributed by atoms with van der Waals surface area (Å²) in [6, 6.07) is 8.23. The van der Waals surface area contributed by atoms with E-state index in [1.54, 1.807) is 0 Å². The molecule has 3 nitrogen and oxygen atoms in total. The van der Waals surface area contributed by atoms with Crippen LogP contribution in [0.25, 0.3) is 0 Å². The van der Waals surface area contributed by atoms with Crippen LogP contribution in [0, 0.1) is 0 Å². The molecule has 0 aliphatic carbocycles. The first-order valence-electron chi connectivity index (χ1n) is 7.36. The van der Waals surface area contributed by atoms with E-state index < -0.39 is 0 Å². The van der Waals surface area contributed by atoms with Gasteiger partial charge in [0.25, 0.3) is 5.91 Å². The van der Waals surface area contributed by atoms with E-state index >= 15 is 0 Å². The van der Waals surface area contributed by atoms with Crippen molar-refractivity contribution in [2.24, 2.45) is 0 Å². The Balaban J connectivity index is 1.99. The van der Waals surface area contributed by atoms with Crippen LogP contribution in [-0.4, -0.2) is 25.0 Å². The first-order chi connectivity index (χ1) is 9.20. The molecule has 1 aliphatic heterocycles. The van der Waals surface area contributed by atoms with E-state index in [1.807, 2.05) is 19.1 Å². The van der Waals surface area contributed by atoms with Gasteiger partial charge in [-0.15, -0.1) is 0 Å². The molecule has 1 aromatic carbocycles. The third kappa shape index (κ3) is 3.72. The van der Waals surface area contributed by atoms with Crippen molar-refractivity contribution < 1.29 is 4.79 Å². The molecule has 1 saturated heterocycles. The number of piperidine rings is 1. The number of rotatable bonds is 4. The first-order valence-corrected chi connectivity index (χ1v) is 7.36. The molecule has 0 aromatic heterocycles. The summed E-state index contributed by atoms with van der Waals surface area (Å²) >= 11 is 0. The molecule has 2 rings (SSSR count). The number of nitrogens with zero attached hydrogens (tertiary/aromatic N) is 1. The Morgan fingerprint density at radius 2 is 1.84 bits per heavy atom. The van der Waals surface area contributed by atoms with Gasteiger partial charge in [0.2, 0.25) is 0 Å². The number of hydrogen-bond acceptors (Lipinski definition) is 2. The molecule has 1 aliphatic rings. The van der Waals surface area contributed by atoms with Crippen molar-refractivity contribution in [3.05, 3.63) is 29.8 Å². The van der Waals surface area contributed by atoms with Crippen LogP contribution >= 0.6 is 0 Å². The highest BCUT2D eigenvalue weighted by Crippen LogP contribution is 2.20. The lowest BCUT2D eigenvalue weighted by atomic mass is 10.1. The van der Waals surface area contributed by atoms with Crippen molar-refractivity contribution in [1.29, 1.82) is 0 Å². The Kier molecular flexibility index (Phi) is 4.83.